The topological polar surface area (TPSA) is 85.8 Å². The van der Waals surface area contributed by atoms with Gasteiger partial charge in [-0.25, -0.2) is 9.50 Å². The second-order valence-corrected chi connectivity index (χ2v) is 6.40. The molecular formula is C19H17N7O. The molecule has 4 heterocycles. The van der Waals surface area contributed by atoms with Crippen LogP contribution in [0, 0.1) is 0 Å². The molecule has 0 aliphatic heterocycles. The van der Waals surface area contributed by atoms with Crippen LogP contribution >= 0.6 is 0 Å². The molecule has 0 saturated heterocycles. The molecule has 5 rings (SSSR count). The zero-order valence-electron chi connectivity index (χ0n) is 14.9. The Hall–Kier alpha value is -3.68. The molecule has 8 heteroatoms. The van der Waals surface area contributed by atoms with Crippen molar-refractivity contribution in [2.75, 3.05) is 0 Å². The van der Waals surface area contributed by atoms with Gasteiger partial charge in [0, 0.05) is 43.0 Å². The van der Waals surface area contributed by atoms with Crippen molar-refractivity contribution in [1.29, 1.82) is 0 Å². The second kappa shape index (κ2) is 5.66. The van der Waals surface area contributed by atoms with Gasteiger partial charge in [0.25, 0.3) is 5.56 Å². The minimum Gasteiger partial charge on any atom is -0.296 e. The van der Waals surface area contributed by atoms with Crippen molar-refractivity contribution in [2.45, 2.75) is 13.5 Å². The van der Waals surface area contributed by atoms with E-state index in [4.69, 9.17) is 4.98 Å². The number of hydrogen-bond donors (Lipinski definition) is 1. The van der Waals surface area contributed by atoms with Gasteiger partial charge in [-0.2, -0.15) is 10.2 Å². The Bertz CT molecular complexity index is 1350. The smallest absolute Gasteiger partial charge is 0.273 e. The molecular weight excluding hydrogens is 342 g/mol. The van der Waals surface area contributed by atoms with Gasteiger partial charge in [0.15, 0.2) is 5.65 Å². The van der Waals surface area contributed by atoms with Gasteiger partial charge in [0.05, 0.1) is 28.7 Å². The lowest BCUT2D eigenvalue weighted by molar-refractivity contribution is 0.667. The molecule has 27 heavy (non-hydrogen) atoms. The predicted octanol–water partition coefficient (Wildman–Crippen LogP) is 2.46. The van der Waals surface area contributed by atoms with Gasteiger partial charge in [-0.15, -0.1) is 0 Å². The van der Waals surface area contributed by atoms with E-state index in [1.165, 1.54) is 4.52 Å². The molecule has 8 nitrogen and oxygen atoms in total. The Morgan fingerprint density at radius 1 is 1.15 bits per heavy atom. The van der Waals surface area contributed by atoms with Crippen LogP contribution < -0.4 is 5.56 Å². The average Bonchev–Trinajstić information content (AvgIpc) is 3.39. The zero-order valence-corrected chi connectivity index (χ0v) is 14.9. The van der Waals surface area contributed by atoms with Crippen molar-refractivity contribution in [3.8, 4) is 22.5 Å². The largest absolute Gasteiger partial charge is 0.296 e. The zero-order chi connectivity index (χ0) is 18.5. The summed E-state index contributed by atoms with van der Waals surface area (Å²) in [6.07, 6.45) is 5.35. The highest BCUT2D eigenvalue weighted by Crippen LogP contribution is 2.26. The highest BCUT2D eigenvalue weighted by atomic mass is 16.1. The van der Waals surface area contributed by atoms with Crippen molar-refractivity contribution in [3.05, 3.63) is 59.3 Å². The summed E-state index contributed by atoms with van der Waals surface area (Å²) in [5.74, 6) is 0. The van der Waals surface area contributed by atoms with E-state index in [0.29, 0.717) is 11.3 Å². The van der Waals surface area contributed by atoms with Gasteiger partial charge in [-0.05, 0) is 25.1 Å². The maximum absolute atomic E-state index is 12.6. The van der Waals surface area contributed by atoms with Gasteiger partial charge in [-0.1, -0.05) is 6.07 Å². The van der Waals surface area contributed by atoms with E-state index in [2.05, 4.69) is 15.3 Å². The number of nitrogens with zero attached hydrogens (tertiary/aromatic N) is 6. The number of benzene rings is 1. The van der Waals surface area contributed by atoms with Crippen LogP contribution in [0.2, 0.25) is 0 Å². The number of hydrogen-bond acceptors (Lipinski definition) is 4. The minimum absolute atomic E-state index is 0.157. The molecule has 0 atom stereocenters. The highest BCUT2D eigenvalue weighted by molar-refractivity contribution is 5.84. The van der Waals surface area contributed by atoms with Crippen LogP contribution in [0.4, 0.5) is 0 Å². The number of aromatic nitrogens is 7. The molecule has 0 spiro atoms. The molecule has 0 aliphatic rings. The number of aryl methyl sites for hydroxylation is 2. The van der Waals surface area contributed by atoms with Crippen LogP contribution in [0.3, 0.4) is 0 Å². The maximum Gasteiger partial charge on any atom is 0.273 e. The Morgan fingerprint density at radius 3 is 2.89 bits per heavy atom. The van der Waals surface area contributed by atoms with Gasteiger partial charge in [0.2, 0.25) is 0 Å². The molecule has 0 saturated carbocycles. The molecule has 0 unspecified atom stereocenters. The van der Waals surface area contributed by atoms with Crippen LogP contribution in [-0.4, -0.2) is 34.2 Å². The van der Waals surface area contributed by atoms with Crippen LogP contribution in [0.25, 0.3) is 39.1 Å². The molecule has 0 fully saturated rings. The first-order valence-electron chi connectivity index (χ1n) is 8.71. The lowest BCUT2D eigenvalue weighted by Gasteiger charge is -2.05. The fraction of sp³-hybridized carbons (Fsp3) is 0.158. The third-order valence-electron chi connectivity index (χ3n) is 4.83. The molecule has 4 aromatic heterocycles. The predicted molar refractivity (Wildman–Crippen MR) is 102 cm³/mol. The Kier molecular flexibility index (Phi) is 3.27. The Balaban J connectivity index is 1.73. The molecule has 0 radical (unpaired) electrons. The fourth-order valence-electron chi connectivity index (χ4n) is 3.45. The lowest BCUT2D eigenvalue weighted by Crippen LogP contribution is -2.14. The number of H-pyrrole nitrogens is 1. The summed E-state index contributed by atoms with van der Waals surface area (Å²) in [5, 5.41) is 12.6. The monoisotopic (exact) mass is 359 g/mol. The van der Waals surface area contributed by atoms with Gasteiger partial charge < -0.3 is 0 Å². The summed E-state index contributed by atoms with van der Waals surface area (Å²) in [4.78, 5) is 17.4. The van der Waals surface area contributed by atoms with Crippen molar-refractivity contribution in [2.24, 2.45) is 7.05 Å². The van der Waals surface area contributed by atoms with E-state index < -0.39 is 0 Å². The minimum atomic E-state index is -0.157. The molecule has 0 amide bonds. The Morgan fingerprint density at radius 2 is 2.04 bits per heavy atom. The van der Waals surface area contributed by atoms with Crippen LogP contribution in [0.5, 0.6) is 0 Å². The quantitative estimate of drug-likeness (QED) is 0.536. The average molecular weight is 359 g/mol. The summed E-state index contributed by atoms with van der Waals surface area (Å²) in [6, 6.07) is 9.43. The Labute approximate surface area is 153 Å². The number of fused-ring (bicyclic) bond motifs is 2. The van der Waals surface area contributed by atoms with E-state index in [-0.39, 0.29) is 5.56 Å². The van der Waals surface area contributed by atoms with Crippen molar-refractivity contribution >= 4 is 16.6 Å². The first kappa shape index (κ1) is 15.6. The van der Waals surface area contributed by atoms with Gasteiger partial charge in [0.1, 0.15) is 0 Å². The fourth-order valence-corrected chi connectivity index (χ4v) is 3.45. The molecule has 0 bridgehead atoms. The summed E-state index contributed by atoms with van der Waals surface area (Å²) >= 11 is 0. The number of nitrogens with one attached hydrogen (secondary N) is 1. The highest BCUT2D eigenvalue weighted by Gasteiger charge is 2.15. The summed E-state index contributed by atoms with van der Waals surface area (Å²) in [6.45, 7) is 2.76. The third kappa shape index (κ3) is 2.30. The van der Waals surface area contributed by atoms with E-state index >= 15 is 0 Å². The van der Waals surface area contributed by atoms with E-state index in [9.17, 15) is 4.79 Å². The summed E-state index contributed by atoms with van der Waals surface area (Å²) in [5.41, 5.74) is 4.74. The molecule has 1 aromatic carbocycles. The summed E-state index contributed by atoms with van der Waals surface area (Å²) in [7, 11) is 1.90. The number of aromatic amines is 1. The van der Waals surface area contributed by atoms with E-state index in [0.717, 1.165) is 34.3 Å². The maximum atomic E-state index is 12.6. The first-order valence-corrected chi connectivity index (χ1v) is 8.71. The molecule has 5 aromatic rings. The van der Waals surface area contributed by atoms with Crippen LogP contribution in [-0.2, 0) is 13.6 Å². The molecule has 0 aliphatic carbocycles. The van der Waals surface area contributed by atoms with Gasteiger partial charge >= 0.3 is 0 Å². The van der Waals surface area contributed by atoms with Gasteiger partial charge in [-0.3, -0.25) is 19.3 Å². The molecule has 134 valence electrons. The van der Waals surface area contributed by atoms with E-state index in [1.54, 1.807) is 18.5 Å². The molecule has 1 N–H and O–H groups in total. The number of rotatable bonds is 3. The second-order valence-electron chi connectivity index (χ2n) is 6.40. The summed E-state index contributed by atoms with van der Waals surface area (Å²) < 4.78 is 5.15. The van der Waals surface area contributed by atoms with Crippen LogP contribution in [0.1, 0.15) is 6.92 Å². The van der Waals surface area contributed by atoms with Crippen LogP contribution in [0.15, 0.2) is 53.7 Å². The van der Waals surface area contributed by atoms with Crippen molar-refractivity contribution < 1.29 is 0 Å². The van der Waals surface area contributed by atoms with Crippen molar-refractivity contribution in [1.82, 2.24) is 34.2 Å². The third-order valence-corrected chi connectivity index (χ3v) is 4.83. The van der Waals surface area contributed by atoms with Crippen molar-refractivity contribution in [3.63, 3.8) is 0 Å². The van der Waals surface area contributed by atoms with E-state index in [1.807, 2.05) is 53.8 Å². The lowest BCUT2D eigenvalue weighted by atomic mass is 10.1. The standard InChI is InChI=1S/C19H17N7O/c1-3-25-17(6-7-20-25)14-11-22-26-18(27)9-15(23-19(14)26)12-4-5-16-13(8-12)10-21-24(16)2/h4-11,22H,3H2,1-2H3. The normalized spacial score (nSPS) is 11.6. The first-order chi connectivity index (χ1) is 13.2. The SMILES string of the molecule is CCn1nccc1-c1c[nH]n2c(=O)cc(-c3ccc4c(cnn4C)c3)nc12.